The highest BCUT2D eigenvalue weighted by atomic mass is 32.1. The van der Waals surface area contributed by atoms with E-state index >= 15 is 0 Å². The van der Waals surface area contributed by atoms with Crippen LogP contribution in [0.15, 0.2) is 48.8 Å². The molecule has 0 amide bonds. The number of hydrogen-bond acceptors (Lipinski definition) is 6. The molecule has 0 N–H and O–H groups in total. The van der Waals surface area contributed by atoms with Crippen LogP contribution >= 0.6 is 11.3 Å². The minimum atomic E-state index is -0.157. The van der Waals surface area contributed by atoms with Gasteiger partial charge in [-0.15, -0.1) is 11.3 Å². The van der Waals surface area contributed by atoms with E-state index in [4.69, 9.17) is 9.97 Å². The monoisotopic (exact) mass is 459 g/mol. The summed E-state index contributed by atoms with van der Waals surface area (Å²) in [6, 6.07) is 11.0. The van der Waals surface area contributed by atoms with E-state index in [1.54, 1.807) is 12.3 Å². The quantitative estimate of drug-likeness (QED) is 0.414. The number of para-hydroxylation sites is 1. The largest absolute Gasteiger partial charge is 0.366 e. The Morgan fingerprint density at radius 3 is 2.61 bits per heavy atom. The fourth-order valence-corrected chi connectivity index (χ4v) is 6.42. The van der Waals surface area contributed by atoms with Gasteiger partial charge in [0, 0.05) is 49.0 Å². The molecule has 1 aromatic carbocycles. The normalized spacial score (nSPS) is 18.5. The van der Waals surface area contributed by atoms with Crippen LogP contribution in [-0.2, 0) is 12.8 Å². The molecule has 1 saturated heterocycles. The van der Waals surface area contributed by atoms with Crippen LogP contribution in [0.4, 0.5) is 15.9 Å². The number of anilines is 2. The van der Waals surface area contributed by atoms with Gasteiger partial charge in [0.05, 0.1) is 11.1 Å². The summed E-state index contributed by atoms with van der Waals surface area (Å²) < 4.78 is 14.3. The molecule has 5 nitrogen and oxygen atoms in total. The third-order valence-corrected chi connectivity index (χ3v) is 7.98. The number of aromatic nitrogens is 3. The van der Waals surface area contributed by atoms with Gasteiger partial charge < -0.3 is 9.80 Å². The third kappa shape index (κ3) is 3.74. The second kappa shape index (κ2) is 8.37. The van der Waals surface area contributed by atoms with Gasteiger partial charge in [0.2, 0.25) is 0 Å². The number of aryl methyl sites for hydroxylation is 1. The molecule has 1 fully saturated rings. The molecule has 0 spiro atoms. The third-order valence-electron chi connectivity index (χ3n) is 6.83. The molecule has 1 aliphatic carbocycles. The van der Waals surface area contributed by atoms with E-state index < -0.39 is 0 Å². The van der Waals surface area contributed by atoms with Gasteiger partial charge in [0.15, 0.2) is 5.82 Å². The summed E-state index contributed by atoms with van der Waals surface area (Å²) in [4.78, 5) is 21.4. The lowest BCUT2D eigenvalue weighted by Crippen LogP contribution is -2.47. The Morgan fingerprint density at radius 2 is 1.82 bits per heavy atom. The standard InChI is InChI=1S/C26H26FN5S/c1-17-8-9-19-22(15-17)33-26-23(19)25(29-24(30-26)18-5-4-10-28-16-18)32-13-11-31(12-14-32)21-7-3-2-6-20(21)27/h2-7,10,16-17H,8-9,11-15H2,1H3/t17-/m0/s1. The Morgan fingerprint density at radius 1 is 1.00 bits per heavy atom. The number of halogens is 1. The van der Waals surface area contributed by atoms with Crippen LogP contribution in [0.3, 0.4) is 0 Å². The number of thiophene rings is 1. The van der Waals surface area contributed by atoms with Crippen molar-refractivity contribution >= 4 is 33.1 Å². The molecular weight excluding hydrogens is 433 g/mol. The number of fused-ring (bicyclic) bond motifs is 3. The Labute approximate surface area is 196 Å². The molecule has 33 heavy (non-hydrogen) atoms. The first-order valence-electron chi connectivity index (χ1n) is 11.6. The predicted octanol–water partition coefficient (Wildman–Crippen LogP) is 5.34. The zero-order valence-corrected chi connectivity index (χ0v) is 19.5. The molecule has 2 aliphatic rings. The van der Waals surface area contributed by atoms with E-state index in [0.29, 0.717) is 11.6 Å². The Balaban J connectivity index is 1.40. The summed E-state index contributed by atoms with van der Waals surface area (Å²) in [5, 5.41) is 1.23. The van der Waals surface area contributed by atoms with Crippen molar-refractivity contribution in [3.63, 3.8) is 0 Å². The molecule has 4 heterocycles. The molecule has 7 heteroatoms. The average Bonchev–Trinajstić information content (AvgIpc) is 3.22. The summed E-state index contributed by atoms with van der Waals surface area (Å²) in [5.74, 6) is 2.31. The summed E-state index contributed by atoms with van der Waals surface area (Å²) in [6.07, 6.45) is 7.03. The maximum atomic E-state index is 14.3. The first-order valence-corrected chi connectivity index (χ1v) is 12.5. The van der Waals surface area contributed by atoms with Gasteiger partial charge in [-0.3, -0.25) is 4.98 Å². The fraction of sp³-hybridized carbons (Fsp3) is 0.346. The molecule has 1 aliphatic heterocycles. The van der Waals surface area contributed by atoms with Crippen LogP contribution < -0.4 is 9.80 Å². The first-order chi connectivity index (χ1) is 16.2. The van der Waals surface area contributed by atoms with Gasteiger partial charge in [-0.2, -0.15) is 0 Å². The SMILES string of the molecule is C[C@H]1CCc2c(sc3nc(-c4cccnc4)nc(N4CCN(c5ccccc5F)CC4)c23)C1. The van der Waals surface area contributed by atoms with Crippen LogP contribution in [0.1, 0.15) is 23.8 Å². The summed E-state index contributed by atoms with van der Waals surface area (Å²) in [7, 11) is 0. The zero-order valence-electron chi connectivity index (χ0n) is 18.7. The fourth-order valence-electron chi connectivity index (χ4n) is 5.04. The number of pyridine rings is 1. The number of rotatable bonds is 3. The minimum absolute atomic E-state index is 0.157. The molecule has 3 aromatic heterocycles. The van der Waals surface area contributed by atoms with Gasteiger partial charge in [-0.1, -0.05) is 19.1 Å². The molecule has 0 radical (unpaired) electrons. The highest BCUT2D eigenvalue weighted by molar-refractivity contribution is 7.19. The van der Waals surface area contributed by atoms with Crippen molar-refractivity contribution in [2.24, 2.45) is 5.92 Å². The van der Waals surface area contributed by atoms with Gasteiger partial charge in [0.25, 0.3) is 0 Å². The van der Waals surface area contributed by atoms with Crippen molar-refractivity contribution in [3.05, 3.63) is 65.0 Å². The molecule has 168 valence electrons. The Bertz CT molecular complexity index is 1300. The number of benzene rings is 1. The number of hydrogen-bond donors (Lipinski definition) is 0. The van der Waals surface area contributed by atoms with Crippen LogP contribution in [0.5, 0.6) is 0 Å². The van der Waals surface area contributed by atoms with Crippen LogP contribution in [0.25, 0.3) is 21.6 Å². The van der Waals surface area contributed by atoms with E-state index in [2.05, 4.69) is 21.7 Å². The molecule has 0 unspecified atom stereocenters. The smallest absolute Gasteiger partial charge is 0.164 e. The predicted molar refractivity (Wildman–Crippen MR) is 133 cm³/mol. The highest BCUT2D eigenvalue weighted by Crippen LogP contribution is 2.42. The molecule has 1 atom stereocenters. The molecule has 0 saturated carbocycles. The van der Waals surface area contributed by atoms with E-state index in [0.717, 1.165) is 61.1 Å². The lowest BCUT2D eigenvalue weighted by atomic mass is 9.89. The Kier molecular flexibility index (Phi) is 5.21. The van der Waals surface area contributed by atoms with Crippen molar-refractivity contribution < 1.29 is 4.39 Å². The van der Waals surface area contributed by atoms with E-state index in [1.807, 2.05) is 41.8 Å². The summed E-state index contributed by atoms with van der Waals surface area (Å²) in [5.41, 5.74) is 3.06. The van der Waals surface area contributed by atoms with Gasteiger partial charge >= 0.3 is 0 Å². The van der Waals surface area contributed by atoms with Crippen molar-refractivity contribution in [1.29, 1.82) is 0 Å². The van der Waals surface area contributed by atoms with Crippen LogP contribution in [-0.4, -0.2) is 41.1 Å². The molecule has 4 aromatic rings. The van der Waals surface area contributed by atoms with Crippen molar-refractivity contribution in [3.8, 4) is 11.4 Å². The maximum Gasteiger partial charge on any atom is 0.164 e. The first kappa shape index (κ1) is 20.5. The molecule has 6 rings (SSSR count). The van der Waals surface area contributed by atoms with Gasteiger partial charge in [-0.05, 0) is 55.0 Å². The zero-order chi connectivity index (χ0) is 22.4. The minimum Gasteiger partial charge on any atom is -0.366 e. The van der Waals surface area contributed by atoms with Crippen LogP contribution in [0.2, 0.25) is 0 Å². The summed E-state index contributed by atoms with van der Waals surface area (Å²) in [6.45, 7) is 5.46. The molecular formula is C26H26FN5S. The number of nitrogens with zero attached hydrogens (tertiary/aromatic N) is 5. The van der Waals surface area contributed by atoms with E-state index in [1.165, 1.54) is 28.3 Å². The summed E-state index contributed by atoms with van der Waals surface area (Å²) >= 11 is 1.83. The van der Waals surface area contributed by atoms with Crippen LogP contribution in [0, 0.1) is 11.7 Å². The lowest BCUT2D eigenvalue weighted by Gasteiger charge is -2.37. The van der Waals surface area contributed by atoms with Crippen molar-refractivity contribution in [1.82, 2.24) is 15.0 Å². The second-order valence-electron chi connectivity index (χ2n) is 9.07. The van der Waals surface area contributed by atoms with Crippen molar-refractivity contribution in [2.45, 2.75) is 26.2 Å². The van der Waals surface area contributed by atoms with Gasteiger partial charge in [0.1, 0.15) is 16.5 Å². The average molecular weight is 460 g/mol. The molecule has 0 bridgehead atoms. The highest BCUT2D eigenvalue weighted by Gasteiger charge is 2.28. The van der Waals surface area contributed by atoms with E-state index in [9.17, 15) is 4.39 Å². The lowest BCUT2D eigenvalue weighted by molar-refractivity contribution is 0.509. The van der Waals surface area contributed by atoms with Crippen molar-refractivity contribution in [2.75, 3.05) is 36.0 Å². The maximum absolute atomic E-state index is 14.3. The Hall–Kier alpha value is -3.06. The number of piperazine rings is 1. The van der Waals surface area contributed by atoms with E-state index in [-0.39, 0.29) is 5.82 Å². The van der Waals surface area contributed by atoms with Gasteiger partial charge in [-0.25, -0.2) is 14.4 Å². The topological polar surface area (TPSA) is 45.2 Å². The second-order valence-corrected chi connectivity index (χ2v) is 10.2.